The summed E-state index contributed by atoms with van der Waals surface area (Å²) in [5.74, 6) is 2.77. The van der Waals surface area contributed by atoms with Gasteiger partial charge in [-0.15, -0.1) is 0 Å². The van der Waals surface area contributed by atoms with Gasteiger partial charge in [0.25, 0.3) is 0 Å². The average molecular weight is 381 g/mol. The molecule has 0 N–H and O–H groups in total. The molecular formula is C27H40O. The Morgan fingerprint density at radius 3 is 2.25 bits per heavy atom. The molecule has 1 saturated carbocycles. The van der Waals surface area contributed by atoms with Crippen LogP contribution in [0.2, 0.25) is 0 Å². The molecule has 2 aromatic carbocycles. The molecule has 0 aliphatic heterocycles. The zero-order valence-electron chi connectivity index (χ0n) is 18.2. The fraction of sp³-hybridized carbons (Fsp3) is 0.630. The maximum atomic E-state index is 5.98. The van der Waals surface area contributed by atoms with E-state index in [4.69, 9.17) is 4.74 Å². The summed E-state index contributed by atoms with van der Waals surface area (Å²) in [5, 5.41) is 2.67. The molecule has 1 aliphatic rings. The average Bonchev–Trinajstić information content (AvgIpc) is 2.74. The molecule has 0 heterocycles. The van der Waals surface area contributed by atoms with E-state index in [1.54, 1.807) is 5.56 Å². The lowest BCUT2D eigenvalue weighted by Crippen LogP contribution is -2.13. The first-order valence-corrected chi connectivity index (χ1v) is 12.0. The molecule has 0 radical (unpaired) electrons. The Bertz CT molecular complexity index is 696. The van der Waals surface area contributed by atoms with Crippen LogP contribution >= 0.6 is 0 Å². The molecule has 0 bridgehead atoms. The number of fused-ring (bicyclic) bond motifs is 1. The summed E-state index contributed by atoms with van der Waals surface area (Å²) in [7, 11) is 0. The maximum Gasteiger partial charge on any atom is 0.119 e. The highest BCUT2D eigenvalue weighted by Gasteiger charge is 2.22. The van der Waals surface area contributed by atoms with E-state index in [0.29, 0.717) is 0 Å². The molecule has 0 spiro atoms. The Morgan fingerprint density at radius 2 is 1.46 bits per heavy atom. The summed E-state index contributed by atoms with van der Waals surface area (Å²) in [4.78, 5) is 0. The van der Waals surface area contributed by atoms with Gasteiger partial charge in [0, 0.05) is 0 Å². The zero-order valence-corrected chi connectivity index (χ0v) is 18.2. The van der Waals surface area contributed by atoms with Gasteiger partial charge in [0.15, 0.2) is 0 Å². The van der Waals surface area contributed by atoms with E-state index in [9.17, 15) is 0 Å². The minimum atomic E-state index is 0.765. The monoisotopic (exact) mass is 380 g/mol. The van der Waals surface area contributed by atoms with Crippen LogP contribution in [0.25, 0.3) is 10.8 Å². The van der Waals surface area contributed by atoms with Crippen LogP contribution in [0.3, 0.4) is 0 Å². The lowest BCUT2D eigenvalue weighted by Gasteiger charge is -2.29. The molecule has 154 valence electrons. The molecule has 1 nitrogen and oxygen atoms in total. The Balaban J connectivity index is 1.52. The quantitative estimate of drug-likeness (QED) is 0.354. The zero-order chi connectivity index (χ0) is 19.6. The summed E-state index contributed by atoms with van der Waals surface area (Å²) in [6, 6.07) is 13.7. The number of unbranched alkanes of at least 4 members (excludes halogenated alkanes) is 5. The Hall–Kier alpha value is -1.50. The van der Waals surface area contributed by atoms with Gasteiger partial charge in [-0.05, 0) is 72.4 Å². The van der Waals surface area contributed by atoms with Gasteiger partial charge in [0.05, 0.1) is 6.61 Å². The summed E-state index contributed by atoms with van der Waals surface area (Å²) < 4.78 is 5.98. The summed E-state index contributed by atoms with van der Waals surface area (Å²) in [6.07, 6.45) is 16.2. The topological polar surface area (TPSA) is 9.23 Å². The Labute approximate surface area is 172 Å². The second-order valence-electron chi connectivity index (χ2n) is 8.89. The highest BCUT2D eigenvalue weighted by molar-refractivity contribution is 5.84. The van der Waals surface area contributed by atoms with Crippen molar-refractivity contribution < 1.29 is 4.74 Å². The Morgan fingerprint density at radius 1 is 0.750 bits per heavy atom. The fourth-order valence-electron chi connectivity index (χ4n) is 4.76. The van der Waals surface area contributed by atoms with Crippen LogP contribution in [0, 0.1) is 5.92 Å². The number of hydrogen-bond donors (Lipinski definition) is 0. The van der Waals surface area contributed by atoms with Gasteiger partial charge in [-0.3, -0.25) is 0 Å². The summed E-state index contributed by atoms with van der Waals surface area (Å²) >= 11 is 0. The van der Waals surface area contributed by atoms with E-state index in [1.807, 2.05) is 0 Å². The predicted molar refractivity (Wildman–Crippen MR) is 122 cm³/mol. The molecule has 2 aromatic rings. The van der Waals surface area contributed by atoms with Crippen LogP contribution in [0.15, 0.2) is 36.4 Å². The highest BCUT2D eigenvalue weighted by atomic mass is 16.5. The van der Waals surface area contributed by atoms with Crippen LogP contribution in [0.5, 0.6) is 5.75 Å². The minimum absolute atomic E-state index is 0.765. The van der Waals surface area contributed by atoms with E-state index >= 15 is 0 Å². The van der Waals surface area contributed by atoms with Crippen molar-refractivity contribution in [2.45, 2.75) is 96.8 Å². The van der Waals surface area contributed by atoms with E-state index < -0.39 is 0 Å². The van der Waals surface area contributed by atoms with E-state index in [1.165, 1.54) is 81.4 Å². The van der Waals surface area contributed by atoms with Gasteiger partial charge in [0.1, 0.15) is 5.75 Å². The smallest absolute Gasteiger partial charge is 0.119 e. The molecule has 0 aromatic heterocycles. The van der Waals surface area contributed by atoms with Crippen molar-refractivity contribution in [2.24, 2.45) is 5.92 Å². The standard InChI is InChI=1S/C27H40O/c1-3-5-7-8-9-19-28-27-18-17-25-20-24(15-16-26(25)21-27)23-13-11-22(12-14-23)10-6-4-2/h15-18,20-23H,3-14,19H2,1-2H3. The SMILES string of the molecule is CCCCCCCOc1ccc2cc(C3CCC(CCCC)CC3)ccc2c1. The van der Waals surface area contributed by atoms with Gasteiger partial charge < -0.3 is 4.74 Å². The first-order chi connectivity index (χ1) is 13.8. The number of rotatable bonds is 11. The maximum absolute atomic E-state index is 5.98. The minimum Gasteiger partial charge on any atom is -0.494 e. The molecule has 1 aliphatic carbocycles. The highest BCUT2D eigenvalue weighted by Crippen LogP contribution is 2.38. The van der Waals surface area contributed by atoms with Crippen molar-refractivity contribution in [3.05, 3.63) is 42.0 Å². The lowest BCUT2D eigenvalue weighted by atomic mass is 9.77. The van der Waals surface area contributed by atoms with Crippen LogP contribution in [-0.4, -0.2) is 6.61 Å². The molecule has 1 heteroatoms. The van der Waals surface area contributed by atoms with Crippen LogP contribution in [-0.2, 0) is 0 Å². The number of benzene rings is 2. The first kappa shape index (κ1) is 21.2. The molecule has 0 atom stereocenters. The van der Waals surface area contributed by atoms with E-state index in [2.05, 4.69) is 50.2 Å². The van der Waals surface area contributed by atoms with Crippen molar-refractivity contribution in [3.8, 4) is 5.75 Å². The lowest BCUT2D eigenvalue weighted by molar-refractivity contribution is 0.304. The van der Waals surface area contributed by atoms with Crippen molar-refractivity contribution in [1.29, 1.82) is 0 Å². The third kappa shape index (κ3) is 6.26. The molecule has 0 amide bonds. The van der Waals surface area contributed by atoms with Gasteiger partial charge >= 0.3 is 0 Å². The van der Waals surface area contributed by atoms with Gasteiger partial charge in [0.2, 0.25) is 0 Å². The third-order valence-electron chi connectivity index (χ3n) is 6.64. The first-order valence-electron chi connectivity index (χ1n) is 12.0. The molecule has 28 heavy (non-hydrogen) atoms. The summed E-state index contributed by atoms with van der Waals surface area (Å²) in [5.41, 5.74) is 1.55. The molecular weight excluding hydrogens is 340 g/mol. The van der Waals surface area contributed by atoms with Crippen molar-refractivity contribution in [2.75, 3.05) is 6.61 Å². The van der Waals surface area contributed by atoms with Crippen LogP contribution in [0.4, 0.5) is 0 Å². The molecule has 3 rings (SSSR count). The largest absolute Gasteiger partial charge is 0.494 e. The van der Waals surface area contributed by atoms with Gasteiger partial charge in [-0.1, -0.05) is 83.1 Å². The predicted octanol–water partition coefficient (Wildman–Crippen LogP) is 8.65. The normalized spacial score (nSPS) is 19.8. The summed E-state index contributed by atoms with van der Waals surface area (Å²) in [6.45, 7) is 5.41. The van der Waals surface area contributed by atoms with Gasteiger partial charge in [-0.2, -0.15) is 0 Å². The second kappa shape index (κ2) is 11.5. The van der Waals surface area contributed by atoms with E-state index in [0.717, 1.165) is 30.6 Å². The second-order valence-corrected chi connectivity index (χ2v) is 8.89. The van der Waals surface area contributed by atoms with Crippen molar-refractivity contribution in [3.63, 3.8) is 0 Å². The number of ether oxygens (including phenoxy) is 1. The molecule has 1 fully saturated rings. The molecule has 0 saturated heterocycles. The number of hydrogen-bond acceptors (Lipinski definition) is 1. The van der Waals surface area contributed by atoms with Crippen molar-refractivity contribution >= 4 is 10.8 Å². The van der Waals surface area contributed by atoms with Gasteiger partial charge in [-0.25, -0.2) is 0 Å². The molecule has 0 unspecified atom stereocenters. The Kier molecular flexibility index (Phi) is 8.70. The van der Waals surface area contributed by atoms with Crippen LogP contribution in [0.1, 0.15) is 102 Å². The van der Waals surface area contributed by atoms with E-state index in [-0.39, 0.29) is 0 Å². The fourth-order valence-corrected chi connectivity index (χ4v) is 4.76. The third-order valence-corrected chi connectivity index (χ3v) is 6.64. The van der Waals surface area contributed by atoms with Crippen molar-refractivity contribution in [1.82, 2.24) is 0 Å². The van der Waals surface area contributed by atoms with Crippen LogP contribution < -0.4 is 4.74 Å².